The van der Waals surface area contributed by atoms with Crippen LogP contribution in [0.5, 0.6) is 0 Å². The maximum atomic E-state index is 10.3. The molecule has 0 aromatic heterocycles. The van der Waals surface area contributed by atoms with Gasteiger partial charge in [0.1, 0.15) is 5.84 Å². The number of benzene rings is 1. The summed E-state index contributed by atoms with van der Waals surface area (Å²) < 4.78 is 0. The van der Waals surface area contributed by atoms with Crippen LogP contribution in [0.15, 0.2) is 76.4 Å². The lowest BCUT2D eigenvalue weighted by Gasteiger charge is -2.22. The summed E-state index contributed by atoms with van der Waals surface area (Å²) in [6.07, 6.45) is 13.7. The Labute approximate surface area is 148 Å². The van der Waals surface area contributed by atoms with Crippen molar-refractivity contribution >= 4 is 23.2 Å². The highest BCUT2D eigenvalue weighted by molar-refractivity contribution is 7.98. The quantitative estimate of drug-likeness (QED) is 0.794. The van der Waals surface area contributed by atoms with Gasteiger partial charge in [0.25, 0.3) is 0 Å². The standard InChI is InChI=1S/C20H24N2OS/c1-15-21-13-7-10-16(17-9-5-11-18(14-17)24-4)8-6-12-19(22-15)20(2,3)23/h5-14,23H,1-4H3,(H,21,22)/b8-6-,13-7+,16-10+,19-12-. The van der Waals surface area contributed by atoms with Crippen molar-refractivity contribution in [1.29, 1.82) is 0 Å². The molecule has 1 heterocycles. The van der Waals surface area contributed by atoms with E-state index in [0.29, 0.717) is 5.70 Å². The van der Waals surface area contributed by atoms with Gasteiger partial charge < -0.3 is 10.4 Å². The molecule has 1 aromatic carbocycles. The molecular weight excluding hydrogens is 316 g/mol. The van der Waals surface area contributed by atoms with Crippen molar-refractivity contribution in [3.63, 3.8) is 0 Å². The van der Waals surface area contributed by atoms with Gasteiger partial charge in [-0.1, -0.05) is 30.4 Å². The zero-order valence-electron chi connectivity index (χ0n) is 14.6. The van der Waals surface area contributed by atoms with E-state index in [-0.39, 0.29) is 0 Å². The summed E-state index contributed by atoms with van der Waals surface area (Å²) in [6.45, 7) is 5.38. The summed E-state index contributed by atoms with van der Waals surface area (Å²) in [5.74, 6) is 0.731. The van der Waals surface area contributed by atoms with E-state index in [9.17, 15) is 5.11 Å². The van der Waals surface area contributed by atoms with Crippen LogP contribution < -0.4 is 5.32 Å². The number of hydrogen-bond acceptors (Lipinski definition) is 4. The molecule has 0 bridgehead atoms. The molecular formula is C20H24N2OS. The lowest BCUT2D eigenvalue weighted by atomic mass is 10.0. The SMILES string of the molecule is CSc1cccc(C2=C/C=C/N=C(C)N\C(C(C)(C)O)=C/C=C\2)c1. The Morgan fingerprint density at radius 3 is 2.67 bits per heavy atom. The van der Waals surface area contributed by atoms with Crippen LogP contribution in [0.1, 0.15) is 26.3 Å². The predicted octanol–water partition coefficient (Wildman–Crippen LogP) is 4.54. The summed E-state index contributed by atoms with van der Waals surface area (Å²) in [7, 11) is 0. The fraction of sp³-hybridized carbons (Fsp3) is 0.250. The Bertz CT molecular complexity index is 734. The molecule has 1 aliphatic rings. The number of allylic oxidation sites excluding steroid dienone is 6. The number of hydrogen-bond donors (Lipinski definition) is 2. The van der Waals surface area contributed by atoms with Crippen molar-refractivity contribution in [2.75, 3.05) is 6.26 Å². The van der Waals surface area contributed by atoms with Crippen molar-refractivity contribution in [3.8, 4) is 0 Å². The van der Waals surface area contributed by atoms with Crippen LogP contribution in [-0.2, 0) is 0 Å². The number of aliphatic hydroxyl groups is 1. The summed E-state index contributed by atoms with van der Waals surface area (Å²) in [6, 6.07) is 8.43. The van der Waals surface area contributed by atoms with E-state index in [2.05, 4.69) is 40.8 Å². The highest BCUT2D eigenvalue weighted by atomic mass is 32.2. The first-order valence-corrected chi connectivity index (χ1v) is 9.06. The molecule has 4 heteroatoms. The number of aliphatic imine (C=N–C) groups is 1. The van der Waals surface area contributed by atoms with Gasteiger partial charge >= 0.3 is 0 Å². The van der Waals surface area contributed by atoms with Crippen LogP contribution in [0.2, 0.25) is 0 Å². The van der Waals surface area contributed by atoms with E-state index in [1.54, 1.807) is 31.8 Å². The Hall–Kier alpha value is -2.04. The van der Waals surface area contributed by atoms with Gasteiger partial charge in [-0.05, 0) is 62.4 Å². The monoisotopic (exact) mass is 340 g/mol. The third kappa shape index (κ3) is 5.25. The molecule has 0 aliphatic carbocycles. The maximum absolute atomic E-state index is 10.3. The highest BCUT2D eigenvalue weighted by Gasteiger charge is 2.19. The zero-order chi connectivity index (χ0) is 17.6. The largest absolute Gasteiger partial charge is 0.384 e. The highest BCUT2D eigenvalue weighted by Crippen LogP contribution is 2.23. The Morgan fingerprint density at radius 1 is 1.17 bits per heavy atom. The number of rotatable bonds is 3. The lowest BCUT2D eigenvalue weighted by molar-refractivity contribution is 0.115. The minimum atomic E-state index is -0.971. The number of nitrogens with one attached hydrogen (secondary N) is 1. The van der Waals surface area contributed by atoms with Crippen LogP contribution in [-0.4, -0.2) is 22.8 Å². The third-order valence-electron chi connectivity index (χ3n) is 3.55. The number of nitrogens with zero attached hydrogens (tertiary/aromatic N) is 1. The average molecular weight is 340 g/mol. The van der Waals surface area contributed by atoms with Gasteiger partial charge in [-0.15, -0.1) is 11.8 Å². The molecule has 0 amide bonds. The molecule has 0 unspecified atom stereocenters. The first-order valence-electron chi connectivity index (χ1n) is 7.84. The molecule has 0 fully saturated rings. The van der Waals surface area contributed by atoms with Crippen molar-refractivity contribution in [2.24, 2.45) is 4.99 Å². The van der Waals surface area contributed by atoms with Crippen molar-refractivity contribution in [3.05, 3.63) is 72.1 Å². The molecule has 0 saturated heterocycles. The topological polar surface area (TPSA) is 44.6 Å². The second-order valence-electron chi connectivity index (χ2n) is 6.03. The van der Waals surface area contributed by atoms with Gasteiger partial charge in [0.2, 0.25) is 0 Å². The van der Waals surface area contributed by atoms with E-state index in [1.807, 2.05) is 37.3 Å². The number of amidine groups is 1. The first-order chi connectivity index (χ1) is 11.4. The Kier molecular flexibility index (Phi) is 6.23. The van der Waals surface area contributed by atoms with Gasteiger partial charge in [0.15, 0.2) is 0 Å². The second-order valence-corrected chi connectivity index (χ2v) is 6.91. The van der Waals surface area contributed by atoms with Crippen molar-refractivity contribution < 1.29 is 5.11 Å². The van der Waals surface area contributed by atoms with Crippen LogP contribution in [0, 0.1) is 0 Å². The predicted molar refractivity (Wildman–Crippen MR) is 105 cm³/mol. The molecule has 126 valence electrons. The van der Waals surface area contributed by atoms with Crippen molar-refractivity contribution in [2.45, 2.75) is 31.3 Å². The minimum absolute atomic E-state index is 0.701. The van der Waals surface area contributed by atoms with Crippen LogP contribution in [0.4, 0.5) is 0 Å². The fourth-order valence-electron chi connectivity index (χ4n) is 2.23. The van der Waals surface area contributed by atoms with E-state index >= 15 is 0 Å². The Morgan fingerprint density at radius 2 is 1.96 bits per heavy atom. The first kappa shape index (κ1) is 18.3. The van der Waals surface area contributed by atoms with E-state index < -0.39 is 5.60 Å². The maximum Gasteiger partial charge on any atom is 0.103 e. The molecule has 0 spiro atoms. The number of thioether (sulfide) groups is 1. The smallest absolute Gasteiger partial charge is 0.103 e. The molecule has 0 saturated carbocycles. The van der Waals surface area contributed by atoms with Gasteiger partial charge in [0, 0.05) is 16.8 Å². The van der Waals surface area contributed by atoms with Crippen LogP contribution >= 0.6 is 11.8 Å². The molecule has 2 rings (SSSR count). The van der Waals surface area contributed by atoms with E-state index in [1.165, 1.54) is 4.90 Å². The molecule has 0 radical (unpaired) electrons. The third-order valence-corrected chi connectivity index (χ3v) is 4.27. The molecule has 1 aliphatic heterocycles. The van der Waals surface area contributed by atoms with E-state index in [0.717, 1.165) is 17.0 Å². The summed E-state index contributed by atoms with van der Waals surface area (Å²) in [5.41, 5.74) is 1.96. The molecule has 0 atom stereocenters. The minimum Gasteiger partial charge on any atom is -0.384 e. The Balaban J connectivity index is 2.45. The summed E-state index contributed by atoms with van der Waals surface area (Å²) >= 11 is 1.72. The fourth-order valence-corrected chi connectivity index (χ4v) is 2.69. The molecule has 2 N–H and O–H groups in total. The van der Waals surface area contributed by atoms with Crippen LogP contribution in [0.25, 0.3) is 5.57 Å². The van der Waals surface area contributed by atoms with Crippen molar-refractivity contribution in [1.82, 2.24) is 5.32 Å². The van der Waals surface area contributed by atoms with Gasteiger partial charge in [-0.2, -0.15) is 0 Å². The van der Waals surface area contributed by atoms with Gasteiger partial charge in [-0.25, -0.2) is 4.99 Å². The molecule has 24 heavy (non-hydrogen) atoms. The molecule has 1 aromatic rings. The normalized spacial score (nSPS) is 22.8. The van der Waals surface area contributed by atoms with Crippen LogP contribution in [0.3, 0.4) is 0 Å². The molecule has 3 nitrogen and oxygen atoms in total. The second kappa shape index (κ2) is 8.18. The summed E-state index contributed by atoms with van der Waals surface area (Å²) in [5, 5.41) is 13.5. The van der Waals surface area contributed by atoms with E-state index in [4.69, 9.17) is 0 Å². The van der Waals surface area contributed by atoms with Gasteiger partial charge in [0.05, 0.1) is 5.60 Å². The lowest BCUT2D eigenvalue weighted by Crippen LogP contribution is -2.34. The summed E-state index contributed by atoms with van der Waals surface area (Å²) in [4.78, 5) is 5.57. The van der Waals surface area contributed by atoms with Gasteiger partial charge in [-0.3, -0.25) is 0 Å². The average Bonchev–Trinajstić information content (AvgIpc) is 2.58. The zero-order valence-corrected chi connectivity index (χ0v) is 15.4.